The minimum atomic E-state index is -1.59. The standard InChI is InChI=1S/C45H82O10/c1-3-5-7-9-11-13-15-17-19-21-23-25-27-29-31-33-40(47)52-36-38(37-53-45-44(51)43(50)42(49)39(35-46)55-45)54-41(48)34-32-30-28-26-24-22-20-18-16-14-12-10-8-6-4-2/h4,9,11,38-39,42-46,49-51H,2-3,5-8,10,12-37H2,1H3/b11-9+/t38-,39-,42+,43?,44?,45-/m0/s1. The van der Waals surface area contributed by atoms with Crippen LogP contribution in [0.2, 0.25) is 0 Å². The van der Waals surface area contributed by atoms with E-state index in [1.54, 1.807) is 0 Å². The molecule has 10 nitrogen and oxygen atoms in total. The predicted molar refractivity (Wildman–Crippen MR) is 219 cm³/mol. The highest BCUT2D eigenvalue weighted by molar-refractivity contribution is 5.70. The average Bonchev–Trinajstić information content (AvgIpc) is 3.18. The molecule has 0 amide bonds. The molecule has 0 aromatic carbocycles. The molecule has 322 valence electrons. The van der Waals surface area contributed by atoms with Gasteiger partial charge in [0, 0.05) is 12.8 Å². The molecule has 10 heteroatoms. The van der Waals surface area contributed by atoms with E-state index in [9.17, 15) is 30.0 Å². The van der Waals surface area contributed by atoms with Crippen LogP contribution in [-0.2, 0) is 28.5 Å². The van der Waals surface area contributed by atoms with Crippen molar-refractivity contribution in [3.05, 3.63) is 24.8 Å². The van der Waals surface area contributed by atoms with Gasteiger partial charge in [0.25, 0.3) is 0 Å². The van der Waals surface area contributed by atoms with Crippen LogP contribution in [0.25, 0.3) is 0 Å². The van der Waals surface area contributed by atoms with E-state index in [0.717, 1.165) is 51.4 Å². The van der Waals surface area contributed by atoms with Crippen molar-refractivity contribution in [3.8, 4) is 0 Å². The van der Waals surface area contributed by atoms with Crippen LogP contribution in [0, 0.1) is 0 Å². The summed E-state index contributed by atoms with van der Waals surface area (Å²) in [7, 11) is 0. The lowest BCUT2D eigenvalue weighted by Gasteiger charge is -2.39. The van der Waals surface area contributed by atoms with Crippen LogP contribution >= 0.6 is 0 Å². The van der Waals surface area contributed by atoms with Crippen LogP contribution in [0.15, 0.2) is 24.8 Å². The summed E-state index contributed by atoms with van der Waals surface area (Å²) in [6, 6.07) is 0. The topological polar surface area (TPSA) is 152 Å². The molecule has 0 spiro atoms. The summed E-state index contributed by atoms with van der Waals surface area (Å²) in [6.07, 6.45) is 30.7. The van der Waals surface area contributed by atoms with Crippen molar-refractivity contribution in [2.75, 3.05) is 19.8 Å². The van der Waals surface area contributed by atoms with Crippen molar-refractivity contribution in [3.63, 3.8) is 0 Å². The van der Waals surface area contributed by atoms with Gasteiger partial charge in [-0.1, -0.05) is 154 Å². The maximum atomic E-state index is 12.8. The Morgan fingerprint density at radius 2 is 1.05 bits per heavy atom. The van der Waals surface area contributed by atoms with Gasteiger partial charge in [-0.15, -0.1) is 6.58 Å². The molecule has 1 rings (SSSR count). The van der Waals surface area contributed by atoms with Crippen molar-refractivity contribution < 1.29 is 49.0 Å². The van der Waals surface area contributed by atoms with Gasteiger partial charge >= 0.3 is 11.9 Å². The number of carbonyl (C=O) groups excluding carboxylic acids is 2. The molecule has 0 aliphatic carbocycles. The van der Waals surface area contributed by atoms with Gasteiger partial charge in [-0.05, 0) is 44.9 Å². The van der Waals surface area contributed by atoms with Crippen LogP contribution in [0.4, 0.5) is 0 Å². The van der Waals surface area contributed by atoms with Gasteiger partial charge < -0.3 is 39.4 Å². The van der Waals surface area contributed by atoms with Gasteiger partial charge in [-0.2, -0.15) is 0 Å². The first-order valence-corrected chi connectivity index (χ1v) is 22.4. The van der Waals surface area contributed by atoms with E-state index in [1.165, 1.54) is 116 Å². The molecule has 0 bridgehead atoms. The van der Waals surface area contributed by atoms with Crippen LogP contribution in [0.3, 0.4) is 0 Å². The number of esters is 2. The highest BCUT2D eigenvalue weighted by Crippen LogP contribution is 2.23. The maximum absolute atomic E-state index is 12.8. The number of allylic oxidation sites excluding steroid dienone is 3. The molecular weight excluding hydrogens is 700 g/mol. The molecule has 1 fully saturated rings. The molecule has 0 aromatic heterocycles. The van der Waals surface area contributed by atoms with Gasteiger partial charge in [0.2, 0.25) is 0 Å². The summed E-state index contributed by atoms with van der Waals surface area (Å²) >= 11 is 0. The molecule has 0 aromatic rings. The molecule has 55 heavy (non-hydrogen) atoms. The lowest BCUT2D eigenvalue weighted by atomic mass is 9.99. The van der Waals surface area contributed by atoms with E-state index in [4.69, 9.17) is 18.9 Å². The Bertz CT molecular complexity index is 941. The maximum Gasteiger partial charge on any atom is 0.306 e. The minimum absolute atomic E-state index is 0.216. The molecule has 1 aliphatic rings. The van der Waals surface area contributed by atoms with Gasteiger partial charge in [0.15, 0.2) is 12.4 Å². The highest BCUT2D eigenvalue weighted by atomic mass is 16.7. The Kier molecular flexibility index (Phi) is 34.0. The summed E-state index contributed by atoms with van der Waals surface area (Å²) in [6.45, 7) is 4.92. The fraction of sp³-hybridized carbons (Fsp3) is 0.867. The molecule has 6 atom stereocenters. The number of unbranched alkanes of at least 4 members (excludes halogenated alkanes) is 24. The summed E-state index contributed by atoms with van der Waals surface area (Å²) in [5.74, 6) is -0.806. The third-order valence-electron chi connectivity index (χ3n) is 10.5. The SMILES string of the molecule is C=CCCCCCCCCCCCCCCCC(=O)O[C@@H](COC(=O)CCCCCCCCCCC/C=C/CCCC)CO[C@H]1O[C@@H](CO)[C@@H](O)C(O)C1O. The predicted octanol–water partition coefficient (Wildman–Crippen LogP) is 9.33. The molecule has 1 aliphatic heterocycles. The zero-order chi connectivity index (χ0) is 40.2. The van der Waals surface area contributed by atoms with Gasteiger partial charge in [0.05, 0.1) is 13.2 Å². The Balaban J connectivity index is 2.31. The fourth-order valence-electron chi connectivity index (χ4n) is 6.86. The zero-order valence-corrected chi connectivity index (χ0v) is 34.8. The number of aliphatic hydroxyl groups is 4. The van der Waals surface area contributed by atoms with Crippen molar-refractivity contribution >= 4 is 11.9 Å². The molecular formula is C45H82O10. The van der Waals surface area contributed by atoms with Gasteiger partial charge in [0.1, 0.15) is 31.0 Å². The van der Waals surface area contributed by atoms with Crippen LogP contribution < -0.4 is 0 Å². The van der Waals surface area contributed by atoms with Crippen LogP contribution in [0.5, 0.6) is 0 Å². The number of aliphatic hydroxyl groups excluding tert-OH is 4. The third kappa shape index (κ3) is 28.3. The Morgan fingerprint density at radius 3 is 1.55 bits per heavy atom. The van der Waals surface area contributed by atoms with Crippen molar-refractivity contribution in [2.24, 2.45) is 0 Å². The van der Waals surface area contributed by atoms with Gasteiger partial charge in [-0.3, -0.25) is 9.59 Å². The summed E-state index contributed by atoms with van der Waals surface area (Å²) < 4.78 is 22.2. The lowest BCUT2D eigenvalue weighted by Crippen LogP contribution is -2.59. The summed E-state index contributed by atoms with van der Waals surface area (Å²) in [5.41, 5.74) is 0. The highest BCUT2D eigenvalue weighted by Gasteiger charge is 2.44. The molecule has 1 heterocycles. The molecule has 2 unspecified atom stereocenters. The normalized spacial score (nSPS) is 20.5. The molecule has 1 saturated heterocycles. The second kappa shape index (κ2) is 36.5. The minimum Gasteiger partial charge on any atom is -0.462 e. The zero-order valence-electron chi connectivity index (χ0n) is 34.8. The quantitative estimate of drug-likeness (QED) is 0.0271. The number of hydrogen-bond acceptors (Lipinski definition) is 10. The fourth-order valence-corrected chi connectivity index (χ4v) is 6.86. The van der Waals surface area contributed by atoms with E-state index < -0.39 is 49.4 Å². The Morgan fingerprint density at radius 1 is 0.600 bits per heavy atom. The molecule has 0 saturated carbocycles. The average molecular weight is 783 g/mol. The third-order valence-corrected chi connectivity index (χ3v) is 10.5. The first-order chi connectivity index (χ1) is 26.8. The Hall–Kier alpha value is -1.82. The van der Waals surface area contributed by atoms with E-state index in [-0.39, 0.29) is 32.0 Å². The summed E-state index contributed by atoms with van der Waals surface area (Å²) in [5, 5.41) is 40.0. The lowest BCUT2D eigenvalue weighted by molar-refractivity contribution is -0.305. The summed E-state index contributed by atoms with van der Waals surface area (Å²) in [4.78, 5) is 25.3. The van der Waals surface area contributed by atoms with Crippen molar-refractivity contribution in [1.29, 1.82) is 0 Å². The van der Waals surface area contributed by atoms with Gasteiger partial charge in [-0.25, -0.2) is 0 Å². The number of rotatable bonds is 38. The Labute approximate surface area is 334 Å². The van der Waals surface area contributed by atoms with E-state index >= 15 is 0 Å². The number of hydrogen-bond donors (Lipinski definition) is 4. The van der Waals surface area contributed by atoms with Crippen LogP contribution in [-0.4, -0.2) is 89.0 Å². The second-order valence-corrected chi connectivity index (χ2v) is 15.6. The number of ether oxygens (including phenoxy) is 4. The van der Waals surface area contributed by atoms with E-state index in [1.807, 2.05) is 6.08 Å². The largest absolute Gasteiger partial charge is 0.462 e. The smallest absolute Gasteiger partial charge is 0.306 e. The molecule has 4 N–H and O–H groups in total. The van der Waals surface area contributed by atoms with Crippen LogP contribution in [0.1, 0.15) is 193 Å². The first-order valence-electron chi connectivity index (χ1n) is 22.4. The second-order valence-electron chi connectivity index (χ2n) is 15.6. The van der Waals surface area contributed by atoms with Crippen molar-refractivity contribution in [2.45, 2.75) is 230 Å². The molecule has 0 radical (unpaired) electrons. The number of carbonyl (C=O) groups is 2. The first kappa shape index (κ1) is 51.2. The van der Waals surface area contributed by atoms with E-state index in [2.05, 4.69) is 25.7 Å². The van der Waals surface area contributed by atoms with Crippen molar-refractivity contribution in [1.82, 2.24) is 0 Å². The van der Waals surface area contributed by atoms with E-state index in [0.29, 0.717) is 6.42 Å². The monoisotopic (exact) mass is 783 g/mol.